The molecule has 1 aliphatic rings. The second kappa shape index (κ2) is 5.40. The average molecular weight is 271 g/mol. The molecule has 4 atom stereocenters. The molecule has 1 fully saturated rings. The molecule has 5 N–H and O–H groups in total. The van der Waals surface area contributed by atoms with Gasteiger partial charge in [-0.25, -0.2) is 4.57 Å². The molecular weight excluding hydrogens is 257 g/mol. The molecule has 0 aromatic carbocycles. The highest BCUT2D eigenvalue weighted by molar-refractivity contribution is 7.46. The second-order valence-electron chi connectivity index (χ2n) is 3.57. The lowest BCUT2D eigenvalue weighted by Gasteiger charge is -2.20. The van der Waals surface area contributed by atoms with Crippen molar-refractivity contribution in [1.82, 2.24) is 5.32 Å². The molecule has 0 radical (unpaired) electrons. The van der Waals surface area contributed by atoms with Crippen LogP contribution >= 0.6 is 7.82 Å². The lowest BCUT2D eigenvalue weighted by molar-refractivity contribution is -0.132. The number of rotatable bonds is 4. The van der Waals surface area contributed by atoms with Crippen LogP contribution in [-0.4, -0.2) is 57.1 Å². The summed E-state index contributed by atoms with van der Waals surface area (Å²) in [5.41, 5.74) is 0. The van der Waals surface area contributed by atoms with E-state index in [0.717, 1.165) is 0 Å². The number of hydrogen-bond donors (Lipinski definition) is 5. The van der Waals surface area contributed by atoms with Gasteiger partial charge in [0.1, 0.15) is 12.2 Å². The molecule has 1 aliphatic heterocycles. The van der Waals surface area contributed by atoms with E-state index < -0.39 is 44.9 Å². The molecule has 0 bridgehead atoms. The number of ether oxygens (including phenoxy) is 1. The summed E-state index contributed by atoms with van der Waals surface area (Å²) < 4.78 is 19.5. The number of carbonyl (C=O) groups excluding carboxylic acids is 1. The van der Waals surface area contributed by atoms with Crippen molar-refractivity contribution in [3.63, 3.8) is 0 Å². The van der Waals surface area contributed by atoms with Crippen LogP contribution in [0.4, 0.5) is 0 Å². The van der Waals surface area contributed by atoms with Gasteiger partial charge in [0.15, 0.2) is 6.29 Å². The van der Waals surface area contributed by atoms with Crippen molar-refractivity contribution in [1.29, 1.82) is 0 Å². The fourth-order valence-electron chi connectivity index (χ4n) is 1.47. The highest BCUT2D eigenvalue weighted by Gasteiger charge is 2.44. The smallest absolute Gasteiger partial charge is 0.386 e. The maximum absolute atomic E-state index is 10.8. The van der Waals surface area contributed by atoms with Crippen LogP contribution in [0.15, 0.2) is 0 Å². The zero-order chi connectivity index (χ0) is 13.2. The number of carbonyl (C=O) groups is 1. The number of aliphatic hydroxyl groups excluding tert-OH is 2. The lowest BCUT2D eigenvalue weighted by atomic mass is 10.1. The van der Waals surface area contributed by atoms with Gasteiger partial charge in [-0.2, -0.15) is 0 Å². The highest BCUT2D eigenvalue weighted by Crippen LogP contribution is 2.37. The molecule has 2 unspecified atom stereocenters. The van der Waals surface area contributed by atoms with E-state index in [1.807, 2.05) is 0 Å². The first-order valence-electron chi connectivity index (χ1n) is 4.69. The van der Waals surface area contributed by atoms with Gasteiger partial charge in [0, 0.05) is 6.92 Å². The summed E-state index contributed by atoms with van der Waals surface area (Å²) in [5, 5.41) is 21.0. The van der Waals surface area contributed by atoms with Gasteiger partial charge in [-0.15, -0.1) is 0 Å². The molecule has 10 heteroatoms. The lowest BCUT2D eigenvalue weighted by Crippen LogP contribution is -2.48. The van der Waals surface area contributed by atoms with Gasteiger partial charge in [-0.1, -0.05) is 0 Å². The minimum atomic E-state index is -4.67. The first-order valence-corrected chi connectivity index (χ1v) is 6.22. The Morgan fingerprint density at radius 2 is 2.06 bits per heavy atom. The third kappa shape index (κ3) is 4.32. The average Bonchev–Trinajstić information content (AvgIpc) is 2.41. The van der Waals surface area contributed by atoms with Gasteiger partial charge in [-0.05, 0) is 0 Å². The summed E-state index contributed by atoms with van der Waals surface area (Å²) >= 11 is 0. The van der Waals surface area contributed by atoms with E-state index in [1.54, 1.807) is 0 Å². The van der Waals surface area contributed by atoms with Gasteiger partial charge >= 0.3 is 7.82 Å². The molecule has 1 rings (SSSR count). The SMILES string of the molecule is CC(=O)NC1[C@H](O)C(O)O[C@@H]1COP(=O)(O)O. The second-order valence-corrected chi connectivity index (χ2v) is 4.81. The zero-order valence-electron chi connectivity index (χ0n) is 8.89. The van der Waals surface area contributed by atoms with Crippen LogP contribution < -0.4 is 5.32 Å². The van der Waals surface area contributed by atoms with Crippen LogP contribution in [0.25, 0.3) is 0 Å². The number of nitrogens with one attached hydrogen (secondary N) is 1. The molecule has 17 heavy (non-hydrogen) atoms. The van der Waals surface area contributed by atoms with Gasteiger partial charge in [0.25, 0.3) is 0 Å². The van der Waals surface area contributed by atoms with Crippen molar-refractivity contribution in [2.45, 2.75) is 31.5 Å². The maximum atomic E-state index is 10.8. The minimum absolute atomic E-state index is 0.479. The van der Waals surface area contributed by atoms with E-state index >= 15 is 0 Å². The predicted molar refractivity (Wildman–Crippen MR) is 52.5 cm³/mol. The molecule has 1 saturated heterocycles. The molecule has 100 valence electrons. The minimum Gasteiger partial charge on any atom is -0.386 e. The number of phosphoric acid groups is 1. The monoisotopic (exact) mass is 271 g/mol. The van der Waals surface area contributed by atoms with Gasteiger partial charge in [0.05, 0.1) is 12.6 Å². The molecule has 1 amide bonds. The van der Waals surface area contributed by atoms with E-state index in [0.29, 0.717) is 0 Å². The fraction of sp³-hybridized carbons (Fsp3) is 0.857. The largest absolute Gasteiger partial charge is 0.469 e. The van der Waals surface area contributed by atoms with Crippen LogP contribution in [0.5, 0.6) is 0 Å². The Hall–Kier alpha value is -0.540. The Morgan fingerprint density at radius 3 is 2.53 bits per heavy atom. The number of phosphoric ester groups is 1. The third-order valence-electron chi connectivity index (χ3n) is 2.15. The summed E-state index contributed by atoms with van der Waals surface area (Å²) in [6.07, 6.45) is -3.97. The number of aliphatic hydroxyl groups is 2. The Labute approximate surface area is 96.6 Å². The van der Waals surface area contributed by atoms with E-state index in [-0.39, 0.29) is 0 Å². The molecule has 1 heterocycles. The van der Waals surface area contributed by atoms with Gasteiger partial charge < -0.3 is 30.1 Å². The van der Waals surface area contributed by atoms with Crippen LogP contribution in [0, 0.1) is 0 Å². The highest BCUT2D eigenvalue weighted by atomic mass is 31.2. The van der Waals surface area contributed by atoms with Crippen molar-refractivity contribution >= 4 is 13.7 Å². The van der Waals surface area contributed by atoms with Crippen LogP contribution in [0.2, 0.25) is 0 Å². The summed E-state index contributed by atoms with van der Waals surface area (Å²) in [4.78, 5) is 27.8. The predicted octanol–water partition coefficient (Wildman–Crippen LogP) is -2.32. The molecule has 0 aromatic heterocycles. The Kier molecular flexibility index (Phi) is 4.62. The molecule has 9 nitrogen and oxygen atoms in total. The first kappa shape index (κ1) is 14.5. The van der Waals surface area contributed by atoms with E-state index in [4.69, 9.17) is 14.5 Å². The Bertz CT molecular complexity index is 330. The quantitative estimate of drug-likeness (QED) is 0.358. The third-order valence-corrected chi connectivity index (χ3v) is 2.64. The van der Waals surface area contributed by atoms with Crippen LogP contribution in [0.3, 0.4) is 0 Å². The van der Waals surface area contributed by atoms with Crippen molar-refractivity contribution < 1.29 is 38.6 Å². The number of amides is 1. The topological polar surface area (TPSA) is 146 Å². The molecule has 0 aliphatic carbocycles. The van der Waals surface area contributed by atoms with Crippen LogP contribution in [0.1, 0.15) is 6.92 Å². The fourth-order valence-corrected chi connectivity index (χ4v) is 1.81. The molecule has 0 spiro atoms. The van der Waals surface area contributed by atoms with Gasteiger partial charge in [-0.3, -0.25) is 9.32 Å². The Morgan fingerprint density at radius 1 is 1.47 bits per heavy atom. The van der Waals surface area contributed by atoms with Crippen LogP contribution in [-0.2, 0) is 18.6 Å². The molecule has 0 aromatic rings. The molecule has 0 saturated carbocycles. The van der Waals surface area contributed by atoms with Gasteiger partial charge in [0.2, 0.25) is 5.91 Å². The molecular formula is C7H14NO8P. The van der Waals surface area contributed by atoms with E-state index in [1.165, 1.54) is 6.92 Å². The van der Waals surface area contributed by atoms with Crippen molar-refractivity contribution in [3.8, 4) is 0 Å². The van der Waals surface area contributed by atoms with E-state index in [9.17, 15) is 19.6 Å². The maximum Gasteiger partial charge on any atom is 0.469 e. The van der Waals surface area contributed by atoms with Crippen molar-refractivity contribution in [3.05, 3.63) is 0 Å². The summed E-state index contributed by atoms with van der Waals surface area (Å²) in [5.74, 6) is -0.479. The summed E-state index contributed by atoms with van der Waals surface area (Å²) in [6.45, 7) is 0.627. The van der Waals surface area contributed by atoms with Crippen molar-refractivity contribution in [2.24, 2.45) is 0 Å². The first-order chi connectivity index (χ1) is 7.70. The van der Waals surface area contributed by atoms with Crippen molar-refractivity contribution in [2.75, 3.05) is 6.61 Å². The standard InChI is InChI=1S/C7H14NO8P/c1-3(9)8-5-4(2-15-17(12,13)14)16-7(11)6(5)10/h4-7,10-11H,2H2,1H3,(H,8,9)(H2,12,13,14)/t4-,5?,6+,7?/m1/s1. The summed E-state index contributed by atoms with van der Waals surface area (Å²) in [6, 6.07) is -0.992. The summed E-state index contributed by atoms with van der Waals surface area (Å²) in [7, 11) is -4.67. The Balaban J connectivity index is 2.62. The normalized spacial score (nSPS) is 33.7. The van der Waals surface area contributed by atoms with E-state index in [2.05, 4.69) is 9.84 Å². The number of hydrogen-bond acceptors (Lipinski definition) is 6. The zero-order valence-corrected chi connectivity index (χ0v) is 9.78.